The maximum Gasteiger partial charge on any atom is 0.410 e. The molecule has 2 N–H and O–H groups in total. The average molecular weight is 285 g/mol. The highest BCUT2D eigenvalue weighted by atomic mass is 35.5. The fourth-order valence-electron chi connectivity index (χ4n) is 2.29. The van der Waals surface area contributed by atoms with Crippen molar-refractivity contribution in [3.8, 4) is 0 Å². The second kappa shape index (κ2) is 8.02. The smallest absolute Gasteiger partial charge is 0.410 e. The Labute approximate surface area is 120 Å². The van der Waals surface area contributed by atoms with E-state index in [2.05, 4.69) is 0 Å². The summed E-state index contributed by atoms with van der Waals surface area (Å²) in [5, 5.41) is 0. The van der Waals surface area contributed by atoms with Gasteiger partial charge in [0.15, 0.2) is 0 Å². The fourth-order valence-corrected chi connectivity index (χ4v) is 2.29. The van der Waals surface area contributed by atoms with Crippen LogP contribution in [0, 0.1) is 0 Å². The molecule has 2 rings (SSSR count). The number of piperidine rings is 1. The molecule has 0 radical (unpaired) electrons. The maximum absolute atomic E-state index is 12.0. The van der Waals surface area contributed by atoms with E-state index in [0.717, 1.165) is 31.4 Å². The molecule has 1 amide bonds. The molecule has 5 heteroatoms. The summed E-state index contributed by atoms with van der Waals surface area (Å²) in [6, 6.07) is 9.86. The zero-order chi connectivity index (χ0) is 12.8. The number of hydrogen-bond acceptors (Lipinski definition) is 3. The predicted octanol–water partition coefficient (Wildman–Crippen LogP) is 2.56. The van der Waals surface area contributed by atoms with Gasteiger partial charge in [0.1, 0.15) is 6.61 Å². The van der Waals surface area contributed by atoms with Gasteiger partial charge in [-0.2, -0.15) is 0 Å². The standard InChI is InChI=1S/C14H20N2O2.ClH/c15-10-13-8-4-5-9-16(13)14(17)18-11-12-6-2-1-3-7-12;/h1-3,6-7,13H,4-5,8-11,15H2;1H. The first-order valence-corrected chi connectivity index (χ1v) is 6.48. The third kappa shape index (κ3) is 4.40. The van der Waals surface area contributed by atoms with Crippen molar-refractivity contribution in [2.45, 2.75) is 31.9 Å². The molecule has 0 aliphatic carbocycles. The van der Waals surface area contributed by atoms with Crippen molar-refractivity contribution in [2.75, 3.05) is 13.1 Å². The van der Waals surface area contributed by atoms with Crippen LogP contribution in [-0.4, -0.2) is 30.1 Å². The van der Waals surface area contributed by atoms with Crippen molar-refractivity contribution in [3.63, 3.8) is 0 Å². The third-order valence-electron chi connectivity index (χ3n) is 3.34. The van der Waals surface area contributed by atoms with Crippen LogP contribution in [0.5, 0.6) is 0 Å². The third-order valence-corrected chi connectivity index (χ3v) is 3.34. The van der Waals surface area contributed by atoms with Gasteiger partial charge in [-0.3, -0.25) is 0 Å². The predicted molar refractivity (Wildman–Crippen MR) is 77.3 cm³/mol. The lowest BCUT2D eigenvalue weighted by Crippen LogP contribution is -2.47. The Morgan fingerprint density at radius 1 is 1.32 bits per heavy atom. The molecule has 0 saturated carbocycles. The van der Waals surface area contributed by atoms with Crippen LogP contribution in [0.2, 0.25) is 0 Å². The SMILES string of the molecule is Cl.NCC1CCCCN1C(=O)OCc1ccccc1. The van der Waals surface area contributed by atoms with Crippen LogP contribution in [0.4, 0.5) is 4.79 Å². The van der Waals surface area contributed by atoms with Gasteiger partial charge in [-0.25, -0.2) is 4.79 Å². The first kappa shape index (κ1) is 15.8. The summed E-state index contributed by atoms with van der Waals surface area (Å²) in [5.41, 5.74) is 6.70. The molecule has 1 aliphatic rings. The number of amides is 1. The van der Waals surface area contributed by atoms with Crippen molar-refractivity contribution < 1.29 is 9.53 Å². The van der Waals surface area contributed by atoms with E-state index in [1.54, 1.807) is 4.90 Å². The molecule has 1 aliphatic heterocycles. The molecule has 0 bridgehead atoms. The molecule has 19 heavy (non-hydrogen) atoms. The Bertz CT molecular complexity index is 386. The summed E-state index contributed by atoms with van der Waals surface area (Å²) in [6.07, 6.45) is 2.92. The number of benzene rings is 1. The van der Waals surface area contributed by atoms with Gasteiger partial charge in [-0.1, -0.05) is 30.3 Å². The number of carbonyl (C=O) groups is 1. The zero-order valence-corrected chi connectivity index (χ0v) is 11.8. The first-order chi connectivity index (χ1) is 8.81. The van der Waals surface area contributed by atoms with Crippen molar-refractivity contribution >= 4 is 18.5 Å². The van der Waals surface area contributed by atoms with Gasteiger partial charge in [-0.05, 0) is 24.8 Å². The lowest BCUT2D eigenvalue weighted by Gasteiger charge is -2.34. The number of halogens is 1. The van der Waals surface area contributed by atoms with Crippen LogP contribution in [-0.2, 0) is 11.3 Å². The van der Waals surface area contributed by atoms with Crippen LogP contribution < -0.4 is 5.73 Å². The second-order valence-corrected chi connectivity index (χ2v) is 4.62. The zero-order valence-electron chi connectivity index (χ0n) is 11.0. The van der Waals surface area contributed by atoms with Gasteiger partial charge in [-0.15, -0.1) is 12.4 Å². The fraction of sp³-hybridized carbons (Fsp3) is 0.500. The summed E-state index contributed by atoms with van der Waals surface area (Å²) in [5.74, 6) is 0. The van der Waals surface area contributed by atoms with Gasteiger partial charge in [0.25, 0.3) is 0 Å². The van der Waals surface area contributed by atoms with Crippen molar-refractivity contribution in [1.29, 1.82) is 0 Å². The van der Waals surface area contributed by atoms with E-state index in [9.17, 15) is 4.79 Å². The van der Waals surface area contributed by atoms with Gasteiger partial charge in [0, 0.05) is 19.1 Å². The van der Waals surface area contributed by atoms with Crippen LogP contribution in [0.25, 0.3) is 0 Å². The molecule has 106 valence electrons. The minimum atomic E-state index is -0.242. The topological polar surface area (TPSA) is 55.6 Å². The lowest BCUT2D eigenvalue weighted by molar-refractivity contribution is 0.0699. The molecule has 1 unspecified atom stereocenters. The second-order valence-electron chi connectivity index (χ2n) is 4.62. The van der Waals surface area contributed by atoms with Crippen LogP contribution in [0.15, 0.2) is 30.3 Å². The van der Waals surface area contributed by atoms with Gasteiger partial charge in [0.2, 0.25) is 0 Å². The molecule has 4 nitrogen and oxygen atoms in total. The van der Waals surface area contributed by atoms with E-state index in [-0.39, 0.29) is 24.5 Å². The molecule has 1 aromatic rings. The number of carbonyl (C=O) groups excluding carboxylic acids is 1. The molecular formula is C14H21ClN2O2. The van der Waals surface area contributed by atoms with Crippen molar-refractivity contribution in [1.82, 2.24) is 4.90 Å². The molecule has 1 saturated heterocycles. The Balaban J connectivity index is 0.00000180. The molecule has 1 aromatic carbocycles. The number of nitrogens with zero attached hydrogens (tertiary/aromatic N) is 1. The lowest BCUT2D eigenvalue weighted by atomic mass is 10.0. The quantitative estimate of drug-likeness (QED) is 0.928. The Morgan fingerprint density at radius 2 is 2.05 bits per heavy atom. The highest BCUT2D eigenvalue weighted by molar-refractivity contribution is 5.85. The van der Waals surface area contributed by atoms with E-state index in [1.807, 2.05) is 30.3 Å². The van der Waals surface area contributed by atoms with E-state index in [1.165, 1.54) is 0 Å². The number of likely N-dealkylation sites (tertiary alicyclic amines) is 1. The van der Waals surface area contributed by atoms with Crippen molar-refractivity contribution in [2.24, 2.45) is 5.73 Å². The van der Waals surface area contributed by atoms with E-state index >= 15 is 0 Å². The first-order valence-electron chi connectivity index (χ1n) is 6.48. The maximum atomic E-state index is 12.0. The molecule has 0 aromatic heterocycles. The summed E-state index contributed by atoms with van der Waals surface area (Å²) in [7, 11) is 0. The van der Waals surface area contributed by atoms with E-state index < -0.39 is 0 Å². The summed E-state index contributed by atoms with van der Waals surface area (Å²) in [4.78, 5) is 13.8. The Kier molecular flexibility index (Phi) is 6.67. The average Bonchev–Trinajstić information content (AvgIpc) is 2.45. The monoisotopic (exact) mass is 284 g/mol. The minimum absolute atomic E-state index is 0. The highest BCUT2D eigenvalue weighted by Crippen LogP contribution is 2.17. The van der Waals surface area contributed by atoms with Gasteiger partial charge >= 0.3 is 6.09 Å². The van der Waals surface area contributed by atoms with E-state index in [0.29, 0.717) is 13.2 Å². The van der Waals surface area contributed by atoms with Gasteiger partial charge in [0.05, 0.1) is 0 Å². The van der Waals surface area contributed by atoms with Crippen LogP contribution in [0.1, 0.15) is 24.8 Å². The number of ether oxygens (including phenoxy) is 1. The number of hydrogen-bond donors (Lipinski definition) is 1. The van der Waals surface area contributed by atoms with Crippen LogP contribution >= 0.6 is 12.4 Å². The summed E-state index contributed by atoms with van der Waals surface area (Å²) >= 11 is 0. The molecule has 1 atom stereocenters. The summed E-state index contributed by atoms with van der Waals surface area (Å²) < 4.78 is 5.33. The van der Waals surface area contributed by atoms with Crippen LogP contribution in [0.3, 0.4) is 0 Å². The molecular weight excluding hydrogens is 264 g/mol. The Morgan fingerprint density at radius 3 is 2.74 bits per heavy atom. The molecule has 1 heterocycles. The normalized spacial score (nSPS) is 18.6. The molecule has 0 spiro atoms. The number of rotatable bonds is 3. The van der Waals surface area contributed by atoms with Crippen molar-refractivity contribution in [3.05, 3.63) is 35.9 Å². The number of nitrogens with two attached hydrogens (primary N) is 1. The largest absolute Gasteiger partial charge is 0.445 e. The van der Waals surface area contributed by atoms with Gasteiger partial charge < -0.3 is 15.4 Å². The van der Waals surface area contributed by atoms with E-state index in [4.69, 9.17) is 10.5 Å². The summed E-state index contributed by atoms with van der Waals surface area (Å²) in [6.45, 7) is 1.60. The minimum Gasteiger partial charge on any atom is -0.445 e. The molecule has 1 fully saturated rings. The highest BCUT2D eigenvalue weighted by Gasteiger charge is 2.26. The Hall–Kier alpha value is -1.26.